The maximum atomic E-state index is 13.2. The fourth-order valence-electron chi connectivity index (χ4n) is 3.69. The van der Waals surface area contributed by atoms with E-state index in [2.05, 4.69) is 29.2 Å². The van der Waals surface area contributed by atoms with Crippen molar-refractivity contribution in [1.29, 1.82) is 0 Å². The number of rotatable bonds is 6. The number of nitrogens with zero attached hydrogens (tertiary/aromatic N) is 3. The van der Waals surface area contributed by atoms with Crippen LogP contribution in [-0.2, 0) is 4.79 Å². The van der Waals surface area contributed by atoms with Crippen LogP contribution in [-0.4, -0.2) is 39.2 Å². The fraction of sp³-hybridized carbons (Fsp3) is 0.500. The molecule has 1 aromatic heterocycles. The Morgan fingerprint density at radius 3 is 2.58 bits per heavy atom. The molecule has 1 aliphatic carbocycles. The van der Waals surface area contributed by atoms with E-state index in [1.807, 2.05) is 13.0 Å². The Morgan fingerprint density at radius 2 is 1.96 bits per heavy atom. The molecule has 3 rings (SSSR count). The van der Waals surface area contributed by atoms with Gasteiger partial charge in [-0.3, -0.25) is 9.69 Å². The molecule has 1 heterocycles. The fourth-order valence-corrected chi connectivity index (χ4v) is 3.69. The van der Waals surface area contributed by atoms with Gasteiger partial charge < -0.3 is 5.32 Å². The summed E-state index contributed by atoms with van der Waals surface area (Å²) in [6, 6.07) is 8.72. The molecular formula is C20H27FN4O. The minimum atomic E-state index is -0.299. The second kappa shape index (κ2) is 7.99. The maximum Gasteiger partial charge on any atom is 0.239 e. The number of carbonyl (C=O) groups excluding carboxylic acids is 1. The van der Waals surface area contributed by atoms with E-state index in [4.69, 9.17) is 0 Å². The van der Waals surface area contributed by atoms with Gasteiger partial charge in [-0.1, -0.05) is 12.8 Å². The van der Waals surface area contributed by atoms with Crippen molar-refractivity contribution in [3.8, 4) is 5.69 Å². The highest BCUT2D eigenvalue weighted by molar-refractivity contribution is 5.91. The largest absolute Gasteiger partial charge is 0.309 e. The lowest BCUT2D eigenvalue weighted by Gasteiger charge is -2.31. The Balaban J connectivity index is 1.73. The maximum absolute atomic E-state index is 13.2. The molecule has 6 heteroatoms. The third kappa shape index (κ3) is 4.30. The predicted octanol–water partition coefficient (Wildman–Crippen LogP) is 3.91. The molecule has 0 radical (unpaired) electrons. The predicted molar refractivity (Wildman–Crippen MR) is 101 cm³/mol. The number of aromatic nitrogens is 2. The average molecular weight is 358 g/mol. The number of nitrogens with one attached hydrogen (secondary N) is 1. The summed E-state index contributed by atoms with van der Waals surface area (Å²) in [6.45, 7) is 6.52. The first-order valence-corrected chi connectivity index (χ1v) is 9.32. The van der Waals surface area contributed by atoms with Crippen molar-refractivity contribution in [1.82, 2.24) is 14.7 Å². The zero-order valence-electron chi connectivity index (χ0n) is 15.7. The molecule has 1 amide bonds. The van der Waals surface area contributed by atoms with Crippen molar-refractivity contribution in [3.63, 3.8) is 0 Å². The molecule has 0 atom stereocenters. The number of anilines is 1. The van der Waals surface area contributed by atoms with Crippen LogP contribution in [0.15, 0.2) is 30.3 Å². The summed E-state index contributed by atoms with van der Waals surface area (Å²) in [5.74, 6) is 0.260. The van der Waals surface area contributed by atoms with Gasteiger partial charge in [0.2, 0.25) is 5.91 Å². The minimum Gasteiger partial charge on any atom is -0.309 e. The van der Waals surface area contributed by atoms with Crippen LogP contribution in [0.3, 0.4) is 0 Å². The van der Waals surface area contributed by atoms with Crippen LogP contribution in [0.4, 0.5) is 10.2 Å². The first kappa shape index (κ1) is 18.6. The van der Waals surface area contributed by atoms with Gasteiger partial charge in [0.05, 0.1) is 17.9 Å². The molecule has 0 spiro atoms. The number of carbonyl (C=O) groups is 1. The molecule has 2 aromatic rings. The van der Waals surface area contributed by atoms with Gasteiger partial charge in [-0.15, -0.1) is 0 Å². The van der Waals surface area contributed by atoms with E-state index in [1.54, 1.807) is 16.8 Å². The van der Waals surface area contributed by atoms with Crippen LogP contribution < -0.4 is 5.32 Å². The van der Waals surface area contributed by atoms with Crippen LogP contribution in [0.5, 0.6) is 0 Å². The molecule has 140 valence electrons. The average Bonchev–Trinajstić information content (AvgIpc) is 3.23. The van der Waals surface area contributed by atoms with Crippen LogP contribution >= 0.6 is 0 Å². The van der Waals surface area contributed by atoms with E-state index in [1.165, 1.54) is 25.0 Å². The monoisotopic (exact) mass is 358 g/mol. The summed E-state index contributed by atoms with van der Waals surface area (Å²) in [5, 5.41) is 7.40. The minimum absolute atomic E-state index is 0.0474. The van der Waals surface area contributed by atoms with Gasteiger partial charge in [0.1, 0.15) is 11.6 Å². The van der Waals surface area contributed by atoms with E-state index in [0.717, 1.165) is 18.5 Å². The van der Waals surface area contributed by atoms with Crippen LogP contribution in [0, 0.1) is 12.7 Å². The quantitative estimate of drug-likeness (QED) is 0.852. The standard InChI is InChI=1S/C20H27FN4O/c1-14(2)24(17-6-4-5-7-17)13-20(26)22-19-12-15(3)23-25(19)18-10-8-16(21)9-11-18/h8-12,14,17H,4-7,13H2,1-3H3,(H,22,26). The molecule has 1 aromatic carbocycles. The van der Waals surface area contributed by atoms with Gasteiger partial charge in [0, 0.05) is 18.2 Å². The zero-order chi connectivity index (χ0) is 18.7. The Kier molecular flexibility index (Phi) is 5.71. The third-order valence-corrected chi connectivity index (χ3v) is 4.95. The Bertz CT molecular complexity index is 748. The second-order valence-corrected chi connectivity index (χ2v) is 7.31. The molecule has 5 nitrogen and oxygen atoms in total. The first-order chi connectivity index (χ1) is 12.4. The Morgan fingerprint density at radius 1 is 1.31 bits per heavy atom. The SMILES string of the molecule is Cc1cc(NC(=O)CN(C(C)C)C2CCCC2)n(-c2ccc(F)cc2)n1. The van der Waals surface area contributed by atoms with Gasteiger partial charge in [-0.2, -0.15) is 5.10 Å². The summed E-state index contributed by atoms with van der Waals surface area (Å²) in [7, 11) is 0. The lowest BCUT2D eigenvalue weighted by Crippen LogP contribution is -2.44. The van der Waals surface area contributed by atoms with Crippen molar-refractivity contribution in [2.75, 3.05) is 11.9 Å². The number of halogens is 1. The second-order valence-electron chi connectivity index (χ2n) is 7.31. The highest BCUT2D eigenvalue weighted by atomic mass is 19.1. The van der Waals surface area contributed by atoms with Gasteiger partial charge in [0.15, 0.2) is 0 Å². The van der Waals surface area contributed by atoms with Crippen LogP contribution in [0.2, 0.25) is 0 Å². The van der Waals surface area contributed by atoms with E-state index in [0.29, 0.717) is 30.1 Å². The summed E-state index contributed by atoms with van der Waals surface area (Å²) >= 11 is 0. The van der Waals surface area contributed by atoms with E-state index < -0.39 is 0 Å². The van der Waals surface area contributed by atoms with Crippen molar-refractivity contribution in [2.45, 2.75) is 58.5 Å². The van der Waals surface area contributed by atoms with Crippen molar-refractivity contribution in [3.05, 3.63) is 41.8 Å². The number of amides is 1. The molecule has 0 unspecified atom stereocenters. The Labute approximate surface area is 154 Å². The topological polar surface area (TPSA) is 50.2 Å². The zero-order valence-corrected chi connectivity index (χ0v) is 15.7. The molecule has 0 aliphatic heterocycles. The van der Waals surface area contributed by atoms with Crippen LogP contribution in [0.25, 0.3) is 5.69 Å². The number of hydrogen-bond acceptors (Lipinski definition) is 3. The molecular weight excluding hydrogens is 331 g/mol. The molecule has 1 fully saturated rings. The van der Waals surface area contributed by atoms with Crippen molar-refractivity contribution >= 4 is 11.7 Å². The molecule has 0 bridgehead atoms. The van der Waals surface area contributed by atoms with Gasteiger partial charge in [0.25, 0.3) is 0 Å². The smallest absolute Gasteiger partial charge is 0.239 e. The van der Waals surface area contributed by atoms with Crippen molar-refractivity contribution < 1.29 is 9.18 Å². The highest BCUT2D eigenvalue weighted by Gasteiger charge is 2.26. The van der Waals surface area contributed by atoms with Crippen LogP contribution in [0.1, 0.15) is 45.2 Å². The van der Waals surface area contributed by atoms with Gasteiger partial charge >= 0.3 is 0 Å². The van der Waals surface area contributed by atoms with E-state index in [9.17, 15) is 9.18 Å². The molecule has 1 aliphatic rings. The van der Waals surface area contributed by atoms with Gasteiger partial charge in [-0.05, 0) is 57.9 Å². The lowest BCUT2D eigenvalue weighted by molar-refractivity contribution is -0.118. The molecule has 1 N–H and O–H groups in total. The summed E-state index contributed by atoms with van der Waals surface area (Å²) < 4.78 is 14.8. The van der Waals surface area contributed by atoms with E-state index in [-0.39, 0.29) is 11.7 Å². The van der Waals surface area contributed by atoms with E-state index >= 15 is 0 Å². The molecule has 26 heavy (non-hydrogen) atoms. The molecule has 1 saturated carbocycles. The third-order valence-electron chi connectivity index (χ3n) is 4.95. The lowest BCUT2D eigenvalue weighted by atomic mass is 10.1. The highest BCUT2D eigenvalue weighted by Crippen LogP contribution is 2.25. The summed E-state index contributed by atoms with van der Waals surface area (Å²) in [4.78, 5) is 15.0. The number of benzene rings is 1. The number of hydrogen-bond donors (Lipinski definition) is 1. The van der Waals surface area contributed by atoms with Gasteiger partial charge in [-0.25, -0.2) is 9.07 Å². The summed E-state index contributed by atoms with van der Waals surface area (Å²) in [6.07, 6.45) is 4.81. The summed E-state index contributed by atoms with van der Waals surface area (Å²) in [5.41, 5.74) is 1.51. The number of aryl methyl sites for hydroxylation is 1. The first-order valence-electron chi connectivity index (χ1n) is 9.32. The normalized spacial score (nSPS) is 15.2. The van der Waals surface area contributed by atoms with Crippen molar-refractivity contribution in [2.24, 2.45) is 0 Å². The Hall–Kier alpha value is -2.21. The molecule has 0 saturated heterocycles.